The van der Waals surface area contributed by atoms with Crippen molar-refractivity contribution in [3.63, 3.8) is 0 Å². The first-order chi connectivity index (χ1) is 13.4. The van der Waals surface area contributed by atoms with E-state index in [2.05, 4.69) is 15.9 Å². The van der Waals surface area contributed by atoms with Gasteiger partial charge in [0.05, 0.1) is 24.8 Å². The molecule has 0 heterocycles. The number of ether oxygens (including phenoxy) is 3. The lowest BCUT2D eigenvalue weighted by Crippen LogP contribution is -2.34. The Morgan fingerprint density at radius 2 is 1.79 bits per heavy atom. The van der Waals surface area contributed by atoms with E-state index in [0.717, 1.165) is 5.56 Å². The first-order valence-corrected chi connectivity index (χ1v) is 9.67. The monoisotopic (exact) mass is 469 g/mol. The van der Waals surface area contributed by atoms with Crippen LogP contribution in [0.5, 0.6) is 11.5 Å². The summed E-state index contributed by atoms with van der Waals surface area (Å²) in [5.41, 5.74) is 1.07. The largest absolute Gasteiger partial charge is 0.493 e. The molecule has 0 aromatic heterocycles. The number of carbonyl (C=O) groups excluding carboxylic acids is 2. The molecule has 2 rings (SSSR count). The maximum Gasteiger partial charge on any atom is 0.340 e. The Morgan fingerprint density at radius 1 is 1.07 bits per heavy atom. The van der Waals surface area contributed by atoms with Gasteiger partial charge in [-0.15, -0.1) is 0 Å². The van der Waals surface area contributed by atoms with Gasteiger partial charge in [-0.1, -0.05) is 33.6 Å². The van der Waals surface area contributed by atoms with Gasteiger partial charge in [0.15, 0.2) is 18.1 Å². The van der Waals surface area contributed by atoms with Crippen LogP contribution in [-0.2, 0) is 16.1 Å². The maximum absolute atomic E-state index is 12.5. The van der Waals surface area contributed by atoms with Gasteiger partial charge < -0.3 is 19.1 Å². The number of amides is 1. The standard InChI is InChI=1S/C20H21BrClNO5/c1-4-23(11-13-5-8-17(26-2)18(9-13)27-3)19(24)12-28-20(25)15-10-14(21)6-7-16(15)22/h5-10H,4,11-12H2,1-3H3. The Labute approximate surface area is 177 Å². The van der Waals surface area contributed by atoms with Gasteiger partial charge in [0, 0.05) is 17.6 Å². The van der Waals surface area contributed by atoms with Crippen LogP contribution in [0.4, 0.5) is 0 Å². The van der Waals surface area contributed by atoms with Gasteiger partial charge in [0.1, 0.15) is 0 Å². The Bertz CT molecular complexity index is 858. The van der Waals surface area contributed by atoms with Crippen LogP contribution in [0, 0.1) is 0 Å². The van der Waals surface area contributed by atoms with E-state index in [-0.39, 0.29) is 23.1 Å². The zero-order valence-electron chi connectivity index (χ0n) is 15.8. The summed E-state index contributed by atoms with van der Waals surface area (Å²) in [6, 6.07) is 10.3. The van der Waals surface area contributed by atoms with E-state index in [1.54, 1.807) is 43.4 Å². The summed E-state index contributed by atoms with van der Waals surface area (Å²) in [6.07, 6.45) is 0. The Hall–Kier alpha value is -2.25. The second kappa shape index (κ2) is 10.3. The lowest BCUT2D eigenvalue weighted by Gasteiger charge is -2.21. The van der Waals surface area contributed by atoms with Crippen LogP contribution < -0.4 is 9.47 Å². The molecule has 28 heavy (non-hydrogen) atoms. The van der Waals surface area contributed by atoms with E-state index in [1.165, 1.54) is 0 Å². The molecule has 0 fully saturated rings. The molecular weight excluding hydrogens is 450 g/mol. The zero-order chi connectivity index (χ0) is 20.7. The molecule has 6 nitrogen and oxygen atoms in total. The third-order valence-electron chi connectivity index (χ3n) is 4.03. The maximum atomic E-state index is 12.5. The summed E-state index contributed by atoms with van der Waals surface area (Å²) in [5, 5.41) is 0.262. The van der Waals surface area contributed by atoms with E-state index < -0.39 is 5.97 Å². The van der Waals surface area contributed by atoms with E-state index in [0.29, 0.717) is 29.1 Å². The summed E-state index contributed by atoms with van der Waals surface area (Å²) < 4.78 is 16.3. The minimum atomic E-state index is -0.651. The van der Waals surface area contributed by atoms with Crippen molar-refractivity contribution in [2.45, 2.75) is 13.5 Å². The summed E-state index contributed by atoms with van der Waals surface area (Å²) in [6.45, 7) is 2.29. The quantitative estimate of drug-likeness (QED) is 0.538. The minimum Gasteiger partial charge on any atom is -0.493 e. The SMILES string of the molecule is CCN(Cc1ccc(OC)c(OC)c1)C(=O)COC(=O)c1cc(Br)ccc1Cl. The van der Waals surface area contributed by atoms with E-state index >= 15 is 0 Å². The lowest BCUT2D eigenvalue weighted by molar-refractivity contribution is -0.134. The van der Waals surface area contributed by atoms with Gasteiger partial charge in [-0.25, -0.2) is 4.79 Å². The van der Waals surface area contributed by atoms with Gasteiger partial charge >= 0.3 is 5.97 Å². The highest BCUT2D eigenvalue weighted by Crippen LogP contribution is 2.28. The normalized spacial score (nSPS) is 10.3. The molecule has 8 heteroatoms. The fourth-order valence-electron chi connectivity index (χ4n) is 2.53. The number of halogens is 2. The molecular formula is C20H21BrClNO5. The Balaban J connectivity index is 2.01. The van der Waals surface area contributed by atoms with Gasteiger partial charge in [-0.2, -0.15) is 0 Å². The van der Waals surface area contributed by atoms with E-state index in [4.69, 9.17) is 25.8 Å². The van der Waals surface area contributed by atoms with Crippen molar-refractivity contribution in [1.82, 2.24) is 4.90 Å². The number of esters is 1. The minimum absolute atomic E-state index is 0.201. The lowest BCUT2D eigenvalue weighted by atomic mass is 10.2. The van der Waals surface area contributed by atoms with Crippen molar-refractivity contribution in [2.75, 3.05) is 27.4 Å². The summed E-state index contributed by atoms with van der Waals surface area (Å²) in [4.78, 5) is 26.3. The highest BCUT2D eigenvalue weighted by atomic mass is 79.9. The number of hydrogen-bond donors (Lipinski definition) is 0. The number of hydrogen-bond acceptors (Lipinski definition) is 5. The van der Waals surface area contributed by atoms with Crippen molar-refractivity contribution >= 4 is 39.4 Å². The highest BCUT2D eigenvalue weighted by Gasteiger charge is 2.18. The molecule has 0 saturated carbocycles. The van der Waals surface area contributed by atoms with Crippen LogP contribution in [0.3, 0.4) is 0 Å². The fourth-order valence-corrected chi connectivity index (χ4v) is 3.08. The molecule has 1 amide bonds. The van der Waals surface area contributed by atoms with Crippen molar-refractivity contribution in [2.24, 2.45) is 0 Å². The Kier molecular flexibility index (Phi) is 8.14. The molecule has 0 aliphatic rings. The second-order valence-corrected chi connectivity index (χ2v) is 7.12. The first kappa shape index (κ1) is 22.0. The number of likely N-dealkylation sites (N-methyl/N-ethyl adjacent to an activating group) is 1. The van der Waals surface area contributed by atoms with Gasteiger partial charge in [-0.05, 0) is 42.8 Å². The number of carbonyl (C=O) groups is 2. The molecule has 0 spiro atoms. The molecule has 150 valence electrons. The molecule has 0 aliphatic heterocycles. The van der Waals surface area contributed by atoms with E-state index in [1.807, 2.05) is 19.1 Å². The molecule has 0 aliphatic carbocycles. The molecule has 0 radical (unpaired) electrons. The average molecular weight is 471 g/mol. The summed E-state index contributed by atoms with van der Waals surface area (Å²) >= 11 is 9.30. The molecule has 0 saturated heterocycles. The van der Waals surface area contributed by atoms with Gasteiger partial charge in [0.2, 0.25) is 0 Å². The van der Waals surface area contributed by atoms with Crippen molar-refractivity contribution < 1.29 is 23.8 Å². The second-order valence-electron chi connectivity index (χ2n) is 5.80. The molecule has 0 unspecified atom stereocenters. The number of nitrogens with zero attached hydrogens (tertiary/aromatic N) is 1. The topological polar surface area (TPSA) is 65.1 Å². The molecule has 0 atom stereocenters. The predicted molar refractivity (Wildman–Crippen MR) is 110 cm³/mol. The average Bonchev–Trinajstić information content (AvgIpc) is 2.71. The van der Waals surface area contributed by atoms with E-state index in [9.17, 15) is 9.59 Å². The molecule has 2 aromatic carbocycles. The molecule has 0 N–H and O–H groups in total. The van der Waals surface area contributed by atoms with Crippen LogP contribution in [0.15, 0.2) is 40.9 Å². The fraction of sp³-hybridized carbons (Fsp3) is 0.300. The summed E-state index contributed by atoms with van der Waals surface area (Å²) in [7, 11) is 3.11. The van der Waals surface area contributed by atoms with Crippen LogP contribution in [0.1, 0.15) is 22.8 Å². The van der Waals surface area contributed by atoms with Gasteiger partial charge in [0.25, 0.3) is 5.91 Å². The van der Waals surface area contributed by atoms with Crippen molar-refractivity contribution in [3.05, 3.63) is 57.0 Å². The Morgan fingerprint density at radius 3 is 2.43 bits per heavy atom. The molecule has 0 bridgehead atoms. The number of benzene rings is 2. The predicted octanol–water partition coefficient (Wildman–Crippen LogP) is 4.33. The summed E-state index contributed by atoms with van der Waals surface area (Å²) in [5.74, 6) is 0.234. The number of rotatable bonds is 8. The number of methoxy groups -OCH3 is 2. The van der Waals surface area contributed by atoms with Crippen LogP contribution in [-0.4, -0.2) is 44.1 Å². The van der Waals surface area contributed by atoms with Crippen LogP contribution in [0.2, 0.25) is 5.02 Å². The third kappa shape index (κ3) is 5.62. The first-order valence-electron chi connectivity index (χ1n) is 8.50. The third-order valence-corrected chi connectivity index (χ3v) is 4.85. The zero-order valence-corrected chi connectivity index (χ0v) is 18.2. The van der Waals surface area contributed by atoms with Crippen molar-refractivity contribution in [3.8, 4) is 11.5 Å². The highest BCUT2D eigenvalue weighted by molar-refractivity contribution is 9.10. The van der Waals surface area contributed by atoms with Gasteiger partial charge in [-0.3, -0.25) is 4.79 Å². The van der Waals surface area contributed by atoms with Crippen molar-refractivity contribution in [1.29, 1.82) is 0 Å². The molecule has 2 aromatic rings. The van der Waals surface area contributed by atoms with Crippen LogP contribution >= 0.6 is 27.5 Å². The smallest absolute Gasteiger partial charge is 0.340 e. The van der Waals surface area contributed by atoms with Crippen LogP contribution in [0.25, 0.3) is 0 Å².